The molecule has 158 valence electrons. The number of carbonyl (C=O) groups excluding carboxylic acids is 1. The molecule has 2 aromatic carbocycles. The van der Waals surface area contributed by atoms with E-state index in [1.807, 2.05) is 13.0 Å². The zero-order valence-corrected chi connectivity index (χ0v) is 16.7. The minimum Gasteiger partial charge on any atom is -0.322 e. The maximum Gasteiger partial charge on any atom is 0.416 e. The van der Waals surface area contributed by atoms with Crippen molar-refractivity contribution < 1.29 is 27.8 Å². The van der Waals surface area contributed by atoms with E-state index < -0.39 is 11.7 Å². The fourth-order valence-corrected chi connectivity index (χ4v) is 3.78. The van der Waals surface area contributed by atoms with E-state index in [4.69, 9.17) is 5.26 Å². The highest BCUT2D eigenvalue weighted by atomic mass is 19.4. The van der Waals surface area contributed by atoms with Gasteiger partial charge in [-0.25, -0.2) is 0 Å². The predicted octanol–water partition coefficient (Wildman–Crippen LogP) is 0.888. The van der Waals surface area contributed by atoms with Crippen LogP contribution in [0.1, 0.15) is 23.6 Å². The first-order chi connectivity index (χ1) is 14.3. The number of hydrogen-bond acceptors (Lipinski definition) is 2. The number of halogens is 3. The smallest absolute Gasteiger partial charge is 0.322 e. The number of nitrogens with one attached hydrogen (secondary N) is 3. The maximum atomic E-state index is 12.9. The number of piperazine rings is 1. The van der Waals surface area contributed by atoms with Crippen LogP contribution in [0.4, 0.5) is 18.9 Å². The zero-order chi connectivity index (χ0) is 21.7. The lowest BCUT2D eigenvalue weighted by Crippen LogP contribution is -3.29. The largest absolute Gasteiger partial charge is 0.416 e. The highest BCUT2D eigenvalue weighted by Gasteiger charge is 2.33. The van der Waals surface area contributed by atoms with E-state index in [1.54, 1.807) is 30.3 Å². The van der Waals surface area contributed by atoms with Gasteiger partial charge in [-0.2, -0.15) is 18.4 Å². The molecule has 1 fully saturated rings. The van der Waals surface area contributed by atoms with E-state index in [1.165, 1.54) is 17.0 Å². The second-order valence-electron chi connectivity index (χ2n) is 7.69. The van der Waals surface area contributed by atoms with Gasteiger partial charge in [0.25, 0.3) is 5.91 Å². The molecule has 1 aliphatic rings. The summed E-state index contributed by atoms with van der Waals surface area (Å²) in [6, 6.07) is 14.1. The van der Waals surface area contributed by atoms with Crippen LogP contribution in [0.25, 0.3) is 0 Å². The molecule has 8 heteroatoms. The third-order valence-corrected chi connectivity index (χ3v) is 5.57. The average molecular weight is 418 g/mol. The fourth-order valence-electron chi connectivity index (χ4n) is 3.78. The number of carbonyl (C=O) groups is 1. The molecule has 0 aromatic heterocycles. The summed E-state index contributed by atoms with van der Waals surface area (Å²) < 4.78 is 38.7. The number of rotatable bonds is 5. The van der Waals surface area contributed by atoms with Gasteiger partial charge in [-0.3, -0.25) is 4.79 Å². The molecule has 0 radical (unpaired) electrons. The van der Waals surface area contributed by atoms with Crippen molar-refractivity contribution in [2.75, 3.05) is 31.5 Å². The van der Waals surface area contributed by atoms with Crippen LogP contribution in [0.15, 0.2) is 48.5 Å². The van der Waals surface area contributed by atoms with Gasteiger partial charge in [-0.15, -0.1) is 0 Å². The van der Waals surface area contributed by atoms with Crippen LogP contribution in [-0.4, -0.2) is 38.1 Å². The normalized spacial score (nSPS) is 20.2. The van der Waals surface area contributed by atoms with Crippen molar-refractivity contribution in [3.63, 3.8) is 0 Å². The monoisotopic (exact) mass is 418 g/mol. The minimum absolute atomic E-state index is 0.110. The third-order valence-electron chi connectivity index (χ3n) is 5.57. The Labute approximate surface area is 173 Å². The van der Waals surface area contributed by atoms with Crippen molar-refractivity contribution in [1.82, 2.24) is 0 Å². The maximum absolute atomic E-state index is 12.9. The van der Waals surface area contributed by atoms with Crippen LogP contribution in [0.2, 0.25) is 0 Å². The Hall–Kier alpha value is -2.89. The summed E-state index contributed by atoms with van der Waals surface area (Å²) in [6.07, 6.45) is -4.33. The van der Waals surface area contributed by atoms with E-state index in [-0.39, 0.29) is 11.9 Å². The number of benzene rings is 2. The lowest BCUT2D eigenvalue weighted by atomic mass is 10.1. The molecule has 5 nitrogen and oxygen atoms in total. The third kappa shape index (κ3) is 5.59. The molecule has 1 amide bonds. The molecule has 30 heavy (non-hydrogen) atoms. The van der Waals surface area contributed by atoms with E-state index >= 15 is 0 Å². The van der Waals surface area contributed by atoms with Crippen LogP contribution >= 0.6 is 0 Å². The van der Waals surface area contributed by atoms with Crippen LogP contribution in [0, 0.1) is 11.3 Å². The van der Waals surface area contributed by atoms with Gasteiger partial charge in [-0.1, -0.05) is 18.2 Å². The predicted molar refractivity (Wildman–Crippen MR) is 106 cm³/mol. The number of quaternary nitrogens is 2. The number of anilines is 1. The van der Waals surface area contributed by atoms with Crippen molar-refractivity contribution >= 4 is 11.6 Å². The van der Waals surface area contributed by atoms with Crippen molar-refractivity contribution in [2.45, 2.75) is 25.7 Å². The molecule has 0 spiro atoms. The summed E-state index contributed by atoms with van der Waals surface area (Å²) in [4.78, 5) is 15.0. The fraction of sp³-hybridized carbons (Fsp3) is 0.364. The highest BCUT2D eigenvalue weighted by molar-refractivity contribution is 5.93. The van der Waals surface area contributed by atoms with E-state index in [0.717, 1.165) is 37.1 Å². The topological polar surface area (TPSA) is 61.8 Å². The number of nitrogens with zero attached hydrogens (tertiary/aromatic N) is 1. The summed E-state index contributed by atoms with van der Waals surface area (Å²) in [5, 5.41) is 11.8. The lowest BCUT2D eigenvalue weighted by molar-refractivity contribution is -1.02. The molecule has 0 unspecified atom stereocenters. The Bertz CT molecular complexity index is 930. The first-order valence-corrected chi connectivity index (χ1v) is 9.91. The van der Waals surface area contributed by atoms with Crippen LogP contribution in [0.3, 0.4) is 0 Å². The second kappa shape index (κ2) is 9.28. The molecule has 3 N–H and O–H groups in total. The Kier molecular flexibility index (Phi) is 6.75. The summed E-state index contributed by atoms with van der Waals surface area (Å²) in [5.41, 5.74) is 1.14. The molecular formula is C22H25F3N4O+2. The van der Waals surface area contributed by atoms with Gasteiger partial charge in [0.1, 0.15) is 32.7 Å². The van der Waals surface area contributed by atoms with Gasteiger partial charge < -0.3 is 15.1 Å². The molecule has 2 aromatic rings. The number of amides is 1. The van der Waals surface area contributed by atoms with Gasteiger partial charge in [0, 0.05) is 11.3 Å². The summed E-state index contributed by atoms with van der Waals surface area (Å²) in [7, 11) is 0. The van der Waals surface area contributed by atoms with Crippen molar-refractivity contribution in [3.8, 4) is 6.07 Å². The summed E-state index contributed by atoms with van der Waals surface area (Å²) in [5.74, 6) is -0.110. The van der Waals surface area contributed by atoms with Gasteiger partial charge >= 0.3 is 6.18 Å². The van der Waals surface area contributed by atoms with Crippen LogP contribution in [0.5, 0.6) is 0 Å². The molecular weight excluding hydrogens is 393 g/mol. The second-order valence-corrected chi connectivity index (χ2v) is 7.69. The quantitative estimate of drug-likeness (QED) is 0.676. The average Bonchev–Trinajstić information content (AvgIpc) is 2.73. The standard InChI is InChI=1S/C22H23F3N4O/c1-16(21(30)27-20-7-3-4-17(13-20)14-26)29-10-8-28(9-11-29)15-18-5-2-6-19(12-18)22(23,24)25/h2-7,12-13,16H,8-11,15H2,1H3,(H,27,30)/p+2/t16-/m0/s1. The van der Waals surface area contributed by atoms with Crippen LogP contribution < -0.4 is 15.1 Å². The Balaban J connectivity index is 1.52. The van der Waals surface area contributed by atoms with Gasteiger partial charge in [-0.05, 0) is 37.3 Å². The SMILES string of the molecule is C[C@@H](C(=O)Nc1cccc(C#N)c1)[NH+]1CC[NH+](Cc2cccc(C(F)(F)F)c2)CC1. The first kappa shape index (κ1) is 21.8. The van der Waals surface area contributed by atoms with Gasteiger partial charge in [0.15, 0.2) is 6.04 Å². The molecule has 1 atom stereocenters. The Morgan fingerprint density at radius 1 is 1.13 bits per heavy atom. The van der Waals surface area contributed by atoms with Crippen LogP contribution in [-0.2, 0) is 17.5 Å². The molecule has 1 aliphatic heterocycles. The minimum atomic E-state index is -4.33. The van der Waals surface area contributed by atoms with Crippen molar-refractivity contribution in [1.29, 1.82) is 5.26 Å². The first-order valence-electron chi connectivity index (χ1n) is 9.91. The van der Waals surface area contributed by atoms with E-state index in [2.05, 4.69) is 5.32 Å². The highest BCUT2D eigenvalue weighted by Crippen LogP contribution is 2.29. The molecule has 3 rings (SSSR count). The van der Waals surface area contributed by atoms with E-state index in [0.29, 0.717) is 23.4 Å². The molecule has 1 heterocycles. The van der Waals surface area contributed by atoms with E-state index in [9.17, 15) is 18.0 Å². The number of nitriles is 1. The van der Waals surface area contributed by atoms with Crippen molar-refractivity contribution in [3.05, 3.63) is 65.2 Å². The molecule has 0 bridgehead atoms. The molecule has 0 saturated carbocycles. The van der Waals surface area contributed by atoms with Gasteiger partial charge in [0.05, 0.1) is 17.2 Å². The van der Waals surface area contributed by atoms with Gasteiger partial charge in [0.2, 0.25) is 0 Å². The Morgan fingerprint density at radius 3 is 2.50 bits per heavy atom. The summed E-state index contributed by atoms with van der Waals surface area (Å²) in [6.45, 7) is 5.51. The summed E-state index contributed by atoms with van der Waals surface area (Å²) >= 11 is 0. The van der Waals surface area contributed by atoms with Crippen molar-refractivity contribution in [2.24, 2.45) is 0 Å². The number of hydrogen-bond donors (Lipinski definition) is 3. The Morgan fingerprint density at radius 2 is 1.83 bits per heavy atom. The number of alkyl halides is 3. The zero-order valence-electron chi connectivity index (χ0n) is 16.7. The lowest BCUT2D eigenvalue weighted by Gasteiger charge is -2.32. The molecule has 1 saturated heterocycles. The molecule has 0 aliphatic carbocycles.